The molecule has 1 heterocycles. The van der Waals surface area contributed by atoms with Crippen molar-refractivity contribution in [3.05, 3.63) is 5.89 Å². The topological polar surface area (TPSA) is 92.1 Å². The van der Waals surface area contributed by atoms with Gasteiger partial charge in [-0.15, -0.1) is 5.10 Å². The predicted octanol–water partition coefficient (Wildman–Crippen LogP) is 1.14. The van der Waals surface area contributed by atoms with Crippen LogP contribution in [0.25, 0.3) is 0 Å². The van der Waals surface area contributed by atoms with Gasteiger partial charge in [-0.2, -0.15) is 0 Å². The third kappa shape index (κ3) is 7.08. The van der Waals surface area contributed by atoms with Crippen LogP contribution in [0.15, 0.2) is 4.42 Å². The molecule has 0 radical (unpaired) electrons. The van der Waals surface area contributed by atoms with Crippen LogP contribution in [0, 0.1) is 5.92 Å². The van der Waals surface area contributed by atoms with Gasteiger partial charge >= 0.3 is 6.01 Å². The minimum atomic E-state index is -0.250. The number of hydrogen-bond donors (Lipinski definition) is 3. The smallest absolute Gasteiger partial charge is 0.315 e. The molecule has 7 heteroatoms. The number of anilines is 1. The van der Waals surface area contributed by atoms with Gasteiger partial charge in [-0.25, -0.2) is 0 Å². The van der Waals surface area contributed by atoms with E-state index in [0.29, 0.717) is 18.4 Å². The zero-order chi connectivity index (χ0) is 15.2. The Hall–Kier alpha value is -1.63. The van der Waals surface area contributed by atoms with Gasteiger partial charge < -0.3 is 20.4 Å². The van der Waals surface area contributed by atoms with Crippen LogP contribution in [-0.2, 0) is 11.3 Å². The summed E-state index contributed by atoms with van der Waals surface area (Å²) >= 11 is 0. The Balaban J connectivity index is 2.31. The van der Waals surface area contributed by atoms with Crippen LogP contribution < -0.4 is 16.0 Å². The Bertz CT molecular complexity index is 423. The van der Waals surface area contributed by atoms with Crippen molar-refractivity contribution in [1.82, 2.24) is 20.8 Å². The maximum atomic E-state index is 11.6. The molecule has 0 bridgehead atoms. The van der Waals surface area contributed by atoms with Crippen molar-refractivity contribution < 1.29 is 9.21 Å². The van der Waals surface area contributed by atoms with E-state index in [1.165, 1.54) is 0 Å². The molecular formula is C13H25N5O2. The molecule has 0 saturated heterocycles. The van der Waals surface area contributed by atoms with E-state index in [1.807, 2.05) is 20.8 Å². The summed E-state index contributed by atoms with van der Waals surface area (Å²) in [6.07, 6.45) is 0. The van der Waals surface area contributed by atoms with Gasteiger partial charge in [-0.05, 0) is 33.2 Å². The number of nitrogens with zero attached hydrogens (tertiary/aromatic N) is 2. The van der Waals surface area contributed by atoms with Crippen LogP contribution in [0.2, 0.25) is 0 Å². The normalized spacial score (nSPS) is 11.7. The van der Waals surface area contributed by atoms with Gasteiger partial charge in [0.1, 0.15) is 0 Å². The van der Waals surface area contributed by atoms with E-state index in [-0.39, 0.29) is 24.0 Å². The first kappa shape index (κ1) is 16.4. The van der Waals surface area contributed by atoms with E-state index in [9.17, 15) is 4.79 Å². The summed E-state index contributed by atoms with van der Waals surface area (Å²) in [5.74, 6) is 0.955. The molecule has 0 saturated carbocycles. The van der Waals surface area contributed by atoms with Crippen molar-refractivity contribution in [3.8, 4) is 0 Å². The number of nitrogens with one attached hydrogen (secondary N) is 3. The molecule has 114 valence electrons. The second-order valence-corrected chi connectivity index (χ2v) is 6.18. The average molecular weight is 283 g/mol. The highest BCUT2D eigenvalue weighted by Gasteiger charge is 2.14. The Morgan fingerprint density at radius 1 is 1.30 bits per heavy atom. The maximum Gasteiger partial charge on any atom is 0.315 e. The fraction of sp³-hybridized carbons (Fsp3) is 0.769. The minimum Gasteiger partial charge on any atom is -0.407 e. The number of amides is 1. The molecule has 0 atom stereocenters. The van der Waals surface area contributed by atoms with Gasteiger partial charge in [0.05, 0.1) is 13.1 Å². The van der Waals surface area contributed by atoms with E-state index in [4.69, 9.17) is 4.42 Å². The average Bonchev–Trinajstić information content (AvgIpc) is 2.71. The Morgan fingerprint density at radius 2 is 2.00 bits per heavy atom. The lowest BCUT2D eigenvalue weighted by atomic mass is 10.1. The van der Waals surface area contributed by atoms with E-state index >= 15 is 0 Å². The monoisotopic (exact) mass is 283 g/mol. The number of rotatable bonds is 7. The Labute approximate surface area is 119 Å². The van der Waals surface area contributed by atoms with Crippen molar-refractivity contribution in [2.75, 3.05) is 18.4 Å². The molecule has 0 aliphatic heterocycles. The van der Waals surface area contributed by atoms with Gasteiger partial charge in [-0.1, -0.05) is 18.9 Å². The Morgan fingerprint density at radius 3 is 2.60 bits per heavy atom. The second kappa shape index (κ2) is 7.23. The Kier molecular flexibility index (Phi) is 5.94. The van der Waals surface area contributed by atoms with E-state index in [2.05, 4.69) is 40.0 Å². The maximum absolute atomic E-state index is 11.6. The third-order valence-corrected chi connectivity index (χ3v) is 2.21. The molecule has 0 unspecified atom stereocenters. The predicted molar refractivity (Wildman–Crippen MR) is 77.2 cm³/mol. The van der Waals surface area contributed by atoms with Crippen molar-refractivity contribution in [1.29, 1.82) is 0 Å². The molecule has 7 nitrogen and oxygen atoms in total. The molecule has 3 N–H and O–H groups in total. The molecule has 1 rings (SSSR count). The van der Waals surface area contributed by atoms with Gasteiger partial charge in [0.25, 0.3) is 0 Å². The van der Waals surface area contributed by atoms with Crippen molar-refractivity contribution in [3.63, 3.8) is 0 Å². The molecule has 1 amide bonds. The first-order valence-corrected chi connectivity index (χ1v) is 6.84. The fourth-order valence-electron chi connectivity index (χ4n) is 1.48. The quantitative estimate of drug-likeness (QED) is 0.695. The second-order valence-electron chi connectivity index (χ2n) is 6.18. The van der Waals surface area contributed by atoms with Crippen LogP contribution >= 0.6 is 0 Å². The van der Waals surface area contributed by atoms with Crippen LogP contribution in [-0.4, -0.2) is 34.7 Å². The largest absolute Gasteiger partial charge is 0.407 e. The highest BCUT2D eigenvalue weighted by Crippen LogP contribution is 2.05. The summed E-state index contributed by atoms with van der Waals surface area (Å²) in [5, 5.41) is 16.6. The highest BCUT2D eigenvalue weighted by atomic mass is 16.4. The molecule has 20 heavy (non-hydrogen) atoms. The zero-order valence-corrected chi connectivity index (χ0v) is 12.9. The molecular weight excluding hydrogens is 258 g/mol. The van der Waals surface area contributed by atoms with Gasteiger partial charge in [-0.3, -0.25) is 4.79 Å². The van der Waals surface area contributed by atoms with Gasteiger partial charge in [0.2, 0.25) is 11.8 Å². The van der Waals surface area contributed by atoms with Gasteiger partial charge in [0.15, 0.2) is 0 Å². The standard InChI is InChI=1S/C13H25N5O2/c1-9(2)6-14-8-11-17-18-12(20-11)15-7-10(19)16-13(3,4)5/h9,14H,6-8H2,1-5H3,(H,15,18)(H,16,19). The summed E-state index contributed by atoms with van der Waals surface area (Å²) in [6, 6.07) is 0.260. The SMILES string of the molecule is CC(C)CNCc1nnc(NCC(=O)NC(C)(C)C)o1. The van der Waals surface area contributed by atoms with Crippen LogP contribution in [0.1, 0.15) is 40.5 Å². The van der Waals surface area contributed by atoms with Crippen molar-refractivity contribution in [2.45, 2.75) is 46.7 Å². The summed E-state index contributed by atoms with van der Waals surface area (Å²) in [7, 11) is 0. The lowest BCUT2D eigenvalue weighted by Crippen LogP contribution is -2.43. The third-order valence-electron chi connectivity index (χ3n) is 2.21. The molecule has 0 spiro atoms. The van der Waals surface area contributed by atoms with E-state index in [1.54, 1.807) is 0 Å². The van der Waals surface area contributed by atoms with E-state index in [0.717, 1.165) is 6.54 Å². The number of hydrogen-bond acceptors (Lipinski definition) is 6. The van der Waals surface area contributed by atoms with Crippen molar-refractivity contribution >= 4 is 11.9 Å². The summed E-state index contributed by atoms with van der Waals surface area (Å²) < 4.78 is 5.37. The lowest BCUT2D eigenvalue weighted by molar-refractivity contribution is -0.120. The minimum absolute atomic E-state index is 0.109. The molecule has 0 fully saturated rings. The first-order valence-electron chi connectivity index (χ1n) is 6.84. The molecule has 0 aliphatic carbocycles. The molecule has 0 aliphatic rings. The summed E-state index contributed by atoms with van der Waals surface area (Å²) in [4.78, 5) is 11.6. The number of carbonyl (C=O) groups is 1. The fourth-order valence-corrected chi connectivity index (χ4v) is 1.48. The zero-order valence-electron chi connectivity index (χ0n) is 12.9. The number of aromatic nitrogens is 2. The van der Waals surface area contributed by atoms with Crippen LogP contribution in [0.5, 0.6) is 0 Å². The summed E-state index contributed by atoms with van der Waals surface area (Å²) in [6.45, 7) is 11.6. The van der Waals surface area contributed by atoms with Crippen molar-refractivity contribution in [2.24, 2.45) is 5.92 Å². The summed E-state index contributed by atoms with van der Waals surface area (Å²) in [5.41, 5.74) is -0.250. The first-order chi connectivity index (χ1) is 9.26. The number of carbonyl (C=O) groups excluding carboxylic acids is 1. The van der Waals surface area contributed by atoms with Crippen LogP contribution in [0.3, 0.4) is 0 Å². The lowest BCUT2D eigenvalue weighted by Gasteiger charge is -2.20. The van der Waals surface area contributed by atoms with Crippen LogP contribution in [0.4, 0.5) is 6.01 Å². The van der Waals surface area contributed by atoms with E-state index < -0.39 is 0 Å². The molecule has 1 aromatic rings. The van der Waals surface area contributed by atoms with Gasteiger partial charge in [0, 0.05) is 5.54 Å². The molecule has 0 aromatic carbocycles. The molecule has 1 aromatic heterocycles. The highest BCUT2D eigenvalue weighted by molar-refractivity contribution is 5.80.